The first kappa shape index (κ1) is 13.7. The Hall–Kier alpha value is -2.68. The number of pyridine rings is 1. The van der Waals surface area contributed by atoms with Gasteiger partial charge in [0.2, 0.25) is 5.88 Å². The molecular formula is C14H15N5O. The highest BCUT2D eigenvalue weighted by atomic mass is 16.5. The van der Waals surface area contributed by atoms with E-state index >= 15 is 0 Å². The third-order valence-electron chi connectivity index (χ3n) is 3.03. The first-order valence-corrected chi connectivity index (χ1v) is 6.12. The van der Waals surface area contributed by atoms with Gasteiger partial charge in [0.05, 0.1) is 12.8 Å². The molecular weight excluding hydrogens is 254 g/mol. The lowest BCUT2D eigenvalue weighted by Crippen LogP contribution is -2.07. The van der Waals surface area contributed by atoms with Gasteiger partial charge >= 0.3 is 0 Å². The Morgan fingerprint density at radius 2 is 2.15 bits per heavy atom. The van der Waals surface area contributed by atoms with E-state index in [2.05, 4.69) is 26.6 Å². The summed E-state index contributed by atoms with van der Waals surface area (Å²) in [6.45, 7) is 4.22. The zero-order valence-electron chi connectivity index (χ0n) is 11.6. The predicted molar refractivity (Wildman–Crippen MR) is 74.3 cm³/mol. The van der Waals surface area contributed by atoms with Crippen LogP contribution in [-0.4, -0.2) is 22.3 Å². The number of hydrogen-bond acceptors (Lipinski definition) is 6. The summed E-state index contributed by atoms with van der Waals surface area (Å²) in [7, 11) is 1.57. The maximum atomic E-state index is 9.22. The summed E-state index contributed by atoms with van der Waals surface area (Å²) in [4.78, 5) is 4.04. The second-order valence-corrected chi connectivity index (χ2v) is 4.31. The topological polar surface area (TPSA) is 83.7 Å². The molecule has 0 bridgehead atoms. The molecule has 0 amide bonds. The van der Waals surface area contributed by atoms with E-state index in [0.29, 0.717) is 23.8 Å². The number of anilines is 1. The van der Waals surface area contributed by atoms with Crippen molar-refractivity contribution < 1.29 is 4.74 Å². The van der Waals surface area contributed by atoms with Crippen LogP contribution < -0.4 is 10.1 Å². The average Bonchev–Trinajstić information content (AvgIpc) is 2.48. The van der Waals surface area contributed by atoms with Crippen LogP contribution in [0.2, 0.25) is 0 Å². The number of hydrogen-bond donors (Lipinski definition) is 1. The lowest BCUT2D eigenvalue weighted by Gasteiger charge is -2.10. The van der Waals surface area contributed by atoms with Gasteiger partial charge in [0.15, 0.2) is 5.82 Å². The van der Waals surface area contributed by atoms with E-state index in [1.54, 1.807) is 13.3 Å². The fourth-order valence-electron chi connectivity index (χ4n) is 1.73. The monoisotopic (exact) mass is 269 g/mol. The second-order valence-electron chi connectivity index (χ2n) is 4.31. The summed E-state index contributed by atoms with van der Waals surface area (Å²) in [5.74, 6) is 1.04. The number of methoxy groups -OCH3 is 1. The van der Waals surface area contributed by atoms with Crippen molar-refractivity contribution in [1.82, 2.24) is 15.2 Å². The first-order chi connectivity index (χ1) is 9.65. The van der Waals surface area contributed by atoms with Crippen LogP contribution in [0.25, 0.3) is 0 Å². The fourth-order valence-corrected chi connectivity index (χ4v) is 1.73. The van der Waals surface area contributed by atoms with Crippen LogP contribution in [-0.2, 0) is 6.54 Å². The van der Waals surface area contributed by atoms with Gasteiger partial charge in [-0.25, -0.2) is 4.98 Å². The van der Waals surface area contributed by atoms with Crippen molar-refractivity contribution in [2.45, 2.75) is 20.4 Å². The Bertz CT molecular complexity index is 663. The minimum Gasteiger partial charge on any atom is -0.481 e. The summed E-state index contributed by atoms with van der Waals surface area (Å²) in [5.41, 5.74) is 3.12. The van der Waals surface area contributed by atoms with Crippen LogP contribution in [0.3, 0.4) is 0 Å². The number of aryl methyl sites for hydroxylation is 1. The number of ether oxygens (including phenoxy) is 1. The van der Waals surface area contributed by atoms with Crippen LogP contribution in [0.4, 0.5) is 5.82 Å². The minimum atomic E-state index is 0.492. The summed E-state index contributed by atoms with van der Waals surface area (Å²) in [6.07, 6.45) is 1.67. The molecule has 0 saturated heterocycles. The molecule has 102 valence electrons. The highest BCUT2D eigenvalue weighted by Crippen LogP contribution is 2.18. The maximum Gasteiger partial charge on any atom is 0.213 e. The molecule has 2 rings (SSSR count). The Labute approximate surface area is 117 Å². The quantitative estimate of drug-likeness (QED) is 0.913. The molecule has 0 saturated carbocycles. The minimum absolute atomic E-state index is 0.492. The molecule has 0 spiro atoms. The molecule has 6 nitrogen and oxygen atoms in total. The van der Waals surface area contributed by atoms with E-state index in [-0.39, 0.29) is 0 Å². The van der Waals surface area contributed by atoms with Gasteiger partial charge in [-0.1, -0.05) is 0 Å². The number of rotatable bonds is 4. The van der Waals surface area contributed by atoms with E-state index in [1.165, 1.54) is 0 Å². The smallest absolute Gasteiger partial charge is 0.213 e. The van der Waals surface area contributed by atoms with Crippen molar-refractivity contribution in [2.75, 3.05) is 12.4 Å². The molecule has 0 fully saturated rings. The normalized spacial score (nSPS) is 9.90. The molecule has 0 aliphatic heterocycles. The summed E-state index contributed by atoms with van der Waals surface area (Å²) < 4.78 is 5.07. The van der Waals surface area contributed by atoms with Gasteiger partial charge in [-0.3, -0.25) is 0 Å². The molecule has 0 unspecified atom stereocenters. The molecule has 0 aliphatic rings. The van der Waals surface area contributed by atoms with Crippen molar-refractivity contribution in [2.24, 2.45) is 0 Å². The van der Waals surface area contributed by atoms with Gasteiger partial charge in [0.1, 0.15) is 11.6 Å². The first-order valence-electron chi connectivity index (χ1n) is 6.12. The molecule has 6 heteroatoms. The highest BCUT2D eigenvalue weighted by molar-refractivity contribution is 5.55. The third kappa shape index (κ3) is 2.83. The zero-order valence-corrected chi connectivity index (χ0v) is 11.6. The third-order valence-corrected chi connectivity index (χ3v) is 3.03. The Morgan fingerprint density at radius 3 is 2.85 bits per heavy atom. The van der Waals surface area contributed by atoms with Gasteiger partial charge in [-0.2, -0.15) is 10.4 Å². The molecule has 2 heterocycles. The largest absolute Gasteiger partial charge is 0.481 e. The molecule has 0 radical (unpaired) electrons. The molecule has 0 aromatic carbocycles. The lowest BCUT2D eigenvalue weighted by atomic mass is 10.1. The van der Waals surface area contributed by atoms with E-state index in [9.17, 15) is 5.26 Å². The molecule has 0 atom stereocenters. The van der Waals surface area contributed by atoms with Crippen LogP contribution in [0.15, 0.2) is 18.3 Å². The van der Waals surface area contributed by atoms with E-state index < -0.39 is 0 Å². The average molecular weight is 269 g/mol. The lowest BCUT2D eigenvalue weighted by molar-refractivity contribution is 0.397. The summed E-state index contributed by atoms with van der Waals surface area (Å²) in [5, 5.41) is 20.4. The molecule has 2 aromatic heterocycles. The van der Waals surface area contributed by atoms with Crippen molar-refractivity contribution in [3.05, 3.63) is 40.7 Å². The fraction of sp³-hybridized carbons (Fsp3) is 0.286. The van der Waals surface area contributed by atoms with Gasteiger partial charge in [0.25, 0.3) is 0 Å². The van der Waals surface area contributed by atoms with Crippen molar-refractivity contribution >= 4 is 5.82 Å². The van der Waals surface area contributed by atoms with Crippen molar-refractivity contribution in [1.29, 1.82) is 5.26 Å². The van der Waals surface area contributed by atoms with E-state index in [0.717, 1.165) is 16.8 Å². The van der Waals surface area contributed by atoms with E-state index in [4.69, 9.17) is 4.74 Å². The van der Waals surface area contributed by atoms with E-state index in [1.807, 2.05) is 26.0 Å². The zero-order chi connectivity index (χ0) is 14.5. The van der Waals surface area contributed by atoms with Crippen LogP contribution in [0, 0.1) is 25.2 Å². The summed E-state index contributed by atoms with van der Waals surface area (Å²) >= 11 is 0. The number of nitrogens with one attached hydrogen (secondary N) is 1. The molecule has 20 heavy (non-hydrogen) atoms. The predicted octanol–water partition coefficient (Wildman–Crippen LogP) is 1.98. The standard InChI is InChI=1S/C14H15N5O/c1-9-10(2)18-19-14(12(9)7-15)17-8-11-4-5-16-13(6-11)20-3/h4-6H,8H2,1-3H3,(H,17,19). The highest BCUT2D eigenvalue weighted by Gasteiger charge is 2.10. The van der Waals surface area contributed by atoms with Gasteiger partial charge in [-0.15, -0.1) is 5.10 Å². The van der Waals surface area contributed by atoms with Crippen LogP contribution in [0.1, 0.15) is 22.4 Å². The Morgan fingerprint density at radius 1 is 1.35 bits per heavy atom. The Balaban J connectivity index is 2.19. The van der Waals surface area contributed by atoms with Crippen molar-refractivity contribution in [3.63, 3.8) is 0 Å². The summed E-state index contributed by atoms with van der Waals surface area (Å²) in [6, 6.07) is 5.86. The number of nitriles is 1. The number of aromatic nitrogens is 3. The maximum absolute atomic E-state index is 9.22. The van der Waals surface area contributed by atoms with Gasteiger partial charge < -0.3 is 10.1 Å². The Kier molecular flexibility index (Phi) is 4.11. The second kappa shape index (κ2) is 5.97. The number of nitrogens with zero attached hydrogens (tertiary/aromatic N) is 4. The molecule has 0 aliphatic carbocycles. The SMILES string of the molecule is COc1cc(CNc2nnc(C)c(C)c2C#N)ccn1. The van der Waals surface area contributed by atoms with Crippen molar-refractivity contribution in [3.8, 4) is 11.9 Å². The van der Waals surface area contributed by atoms with Crippen LogP contribution in [0.5, 0.6) is 5.88 Å². The molecule has 1 N–H and O–H groups in total. The van der Waals surface area contributed by atoms with Gasteiger partial charge in [-0.05, 0) is 31.0 Å². The molecule has 2 aromatic rings. The van der Waals surface area contributed by atoms with Gasteiger partial charge in [0, 0.05) is 18.8 Å². The van der Waals surface area contributed by atoms with Crippen LogP contribution >= 0.6 is 0 Å².